The molecular formula is C24H25F2N8O5P. The fourth-order valence-corrected chi connectivity index (χ4v) is 3.30. The highest BCUT2D eigenvalue weighted by Crippen LogP contribution is 2.31. The van der Waals surface area contributed by atoms with Crippen LogP contribution in [-0.2, 0) is 23.2 Å². The number of hydrogen-bond donors (Lipinski definition) is 2. The van der Waals surface area contributed by atoms with Crippen molar-refractivity contribution in [3.05, 3.63) is 47.5 Å². The Kier molecular flexibility index (Phi) is 11.9. The molecule has 0 fully saturated rings. The molecule has 40 heavy (non-hydrogen) atoms. The van der Waals surface area contributed by atoms with Gasteiger partial charge in [-0.05, 0) is 36.4 Å². The van der Waals surface area contributed by atoms with E-state index in [4.69, 9.17) is 0 Å². The zero-order valence-corrected chi connectivity index (χ0v) is 22.8. The fraction of sp³-hybridized carbons (Fsp3) is 0.250. The van der Waals surface area contributed by atoms with E-state index in [1.54, 1.807) is 38.0 Å². The maximum absolute atomic E-state index is 14.2. The molecule has 2 rings (SSSR count). The number of anilines is 2. The monoisotopic (exact) mass is 574 g/mol. The van der Waals surface area contributed by atoms with E-state index in [1.807, 2.05) is 12.1 Å². The summed E-state index contributed by atoms with van der Waals surface area (Å²) in [5.41, 5.74) is 0.767. The van der Waals surface area contributed by atoms with Gasteiger partial charge in [-0.2, -0.15) is 10.5 Å². The molecule has 16 heteroatoms. The van der Waals surface area contributed by atoms with Crippen molar-refractivity contribution in [2.24, 2.45) is 9.98 Å². The van der Waals surface area contributed by atoms with Gasteiger partial charge < -0.3 is 20.4 Å². The van der Waals surface area contributed by atoms with Gasteiger partial charge >= 0.3 is 8.25 Å². The van der Waals surface area contributed by atoms with E-state index < -0.39 is 32.8 Å². The molecule has 0 aliphatic heterocycles. The average molecular weight is 574 g/mol. The molecule has 13 nitrogen and oxygen atoms in total. The number of nitriles is 2. The zero-order chi connectivity index (χ0) is 29.8. The van der Waals surface area contributed by atoms with Crippen LogP contribution in [0, 0.1) is 22.7 Å². The minimum absolute atomic E-state index is 0.00935. The molecule has 2 atom stereocenters. The molecule has 2 N–H and O–H groups in total. The number of amides is 2. The molecule has 0 heterocycles. The van der Waals surface area contributed by atoms with Crippen molar-refractivity contribution in [2.75, 3.05) is 38.8 Å². The standard InChI is InChI=1S/C24H25F2N8O5P/c1-33(2)13-29-19-7-5-17(9-15(19)11-27)31-23(35)21(25)38-40(37)39-22(26)24(36)32-18-6-8-20(16(10-18)12-28)30-14-34(3)4/h5-10,13-14,21-22,40H,1-4H3,(H,31,35)(H,32,36). The second-order valence-corrected chi connectivity index (χ2v) is 9.17. The fourth-order valence-electron chi connectivity index (χ4n) is 2.69. The number of aliphatic imine (C=N–C) groups is 2. The van der Waals surface area contributed by atoms with E-state index in [0.29, 0.717) is 11.4 Å². The smallest absolute Gasteiger partial charge is 0.325 e. The van der Waals surface area contributed by atoms with E-state index in [9.17, 15) is 33.5 Å². The first-order valence-electron chi connectivity index (χ1n) is 11.2. The molecular weight excluding hydrogens is 549 g/mol. The van der Waals surface area contributed by atoms with Crippen LogP contribution in [0.15, 0.2) is 46.4 Å². The van der Waals surface area contributed by atoms with Gasteiger partial charge in [-0.1, -0.05) is 0 Å². The van der Waals surface area contributed by atoms with Crippen LogP contribution >= 0.6 is 8.25 Å². The Morgan fingerprint density at radius 3 is 1.55 bits per heavy atom. The van der Waals surface area contributed by atoms with Crippen LogP contribution in [0.25, 0.3) is 0 Å². The Morgan fingerprint density at radius 1 is 0.850 bits per heavy atom. The van der Waals surface area contributed by atoms with Crippen LogP contribution in [0.1, 0.15) is 11.1 Å². The van der Waals surface area contributed by atoms with Crippen molar-refractivity contribution in [1.82, 2.24) is 9.80 Å². The topological polar surface area (TPSA) is 173 Å². The molecule has 2 amide bonds. The number of nitrogens with one attached hydrogen (secondary N) is 2. The van der Waals surface area contributed by atoms with Crippen molar-refractivity contribution in [3.63, 3.8) is 0 Å². The van der Waals surface area contributed by atoms with Crippen LogP contribution in [0.3, 0.4) is 0 Å². The first-order chi connectivity index (χ1) is 18.9. The number of nitrogens with zero attached hydrogens (tertiary/aromatic N) is 6. The maximum Gasteiger partial charge on any atom is 0.325 e. The van der Waals surface area contributed by atoms with Gasteiger partial charge in [0.1, 0.15) is 12.1 Å². The van der Waals surface area contributed by atoms with Gasteiger partial charge in [-0.25, -0.2) is 18.8 Å². The second kappa shape index (κ2) is 15.0. The molecule has 2 unspecified atom stereocenters. The van der Waals surface area contributed by atoms with Crippen molar-refractivity contribution >= 4 is 55.5 Å². The molecule has 210 valence electrons. The molecule has 0 spiro atoms. The highest BCUT2D eigenvalue weighted by atomic mass is 31.1. The molecule has 2 aromatic carbocycles. The van der Waals surface area contributed by atoms with Crippen LogP contribution < -0.4 is 10.6 Å². The summed E-state index contributed by atoms with van der Waals surface area (Å²) in [6.07, 6.45) is -2.80. The molecule has 0 saturated carbocycles. The SMILES string of the molecule is CN(C)C=Nc1ccc(NC(=O)C(F)O[PH](=O)OC(F)C(=O)Nc2ccc(N=CN(C)C)c(C#N)c2)cc1C#N. The Labute approximate surface area is 229 Å². The van der Waals surface area contributed by atoms with E-state index in [2.05, 4.69) is 29.7 Å². The normalized spacial score (nSPS) is 13.2. The van der Waals surface area contributed by atoms with Gasteiger partial charge in [0.05, 0.1) is 35.2 Å². The predicted molar refractivity (Wildman–Crippen MR) is 144 cm³/mol. The largest absolute Gasteiger partial charge is 0.369 e. The van der Waals surface area contributed by atoms with Gasteiger partial charge in [-0.3, -0.25) is 23.2 Å². The second-order valence-electron chi connectivity index (χ2n) is 8.20. The number of hydrogen-bond acceptors (Lipinski definition) is 9. The molecule has 0 radical (unpaired) electrons. The number of rotatable bonds is 12. The van der Waals surface area contributed by atoms with Gasteiger partial charge in [0.2, 0.25) is 0 Å². The van der Waals surface area contributed by atoms with Crippen LogP contribution in [-0.4, -0.2) is 75.2 Å². The third kappa shape index (κ3) is 9.89. The van der Waals surface area contributed by atoms with Crippen LogP contribution in [0.4, 0.5) is 31.5 Å². The first kappa shape index (κ1) is 31.5. The van der Waals surface area contributed by atoms with E-state index in [1.165, 1.54) is 49.1 Å². The zero-order valence-electron chi connectivity index (χ0n) is 21.8. The summed E-state index contributed by atoms with van der Waals surface area (Å²) in [7, 11) is 2.91. The number of halogens is 2. The maximum atomic E-state index is 14.2. The Morgan fingerprint density at radius 2 is 1.23 bits per heavy atom. The van der Waals surface area contributed by atoms with Gasteiger partial charge in [0.15, 0.2) is 0 Å². The molecule has 0 aliphatic carbocycles. The van der Waals surface area contributed by atoms with Crippen molar-refractivity contribution in [3.8, 4) is 12.1 Å². The van der Waals surface area contributed by atoms with Crippen molar-refractivity contribution in [2.45, 2.75) is 12.7 Å². The summed E-state index contributed by atoms with van der Waals surface area (Å²) in [5, 5.41) is 22.8. The molecule has 0 aromatic heterocycles. The summed E-state index contributed by atoms with van der Waals surface area (Å²) in [4.78, 5) is 35.6. The number of alkyl halides is 2. The van der Waals surface area contributed by atoms with Gasteiger partial charge in [0, 0.05) is 39.6 Å². The number of carbonyl (C=O) groups is 2. The Hall–Kier alpha value is -4.69. The van der Waals surface area contributed by atoms with Gasteiger partial charge in [-0.15, -0.1) is 0 Å². The molecule has 0 bridgehead atoms. The van der Waals surface area contributed by atoms with Crippen LogP contribution in [0.2, 0.25) is 0 Å². The summed E-state index contributed by atoms with van der Waals surface area (Å²) in [6.45, 7) is 0. The minimum atomic E-state index is -4.00. The lowest BCUT2D eigenvalue weighted by molar-refractivity contribution is -0.133. The molecule has 2 aromatic rings. The van der Waals surface area contributed by atoms with Gasteiger partial charge in [0.25, 0.3) is 24.5 Å². The van der Waals surface area contributed by atoms with Crippen molar-refractivity contribution < 1.29 is 32.0 Å². The summed E-state index contributed by atoms with van der Waals surface area (Å²) in [6, 6.07) is 11.7. The predicted octanol–water partition coefficient (Wildman–Crippen LogP) is 3.46. The van der Waals surface area contributed by atoms with Crippen molar-refractivity contribution in [1.29, 1.82) is 10.5 Å². The average Bonchev–Trinajstić information content (AvgIpc) is 2.90. The summed E-state index contributed by atoms with van der Waals surface area (Å²) in [5.74, 6) is -2.84. The van der Waals surface area contributed by atoms with Crippen LogP contribution in [0.5, 0.6) is 0 Å². The number of carbonyl (C=O) groups excluding carboxylic acids is 2. The third-order valence-electron chi connectivity index (χ3n) is 4.44. The third-order valence-corrected chi connectivity index (χ3v) is 5.24. The number of benzene rings is 2. The lowest BCUT2D eigenvalue weighted by Gasteiger charge is -2.13. The lowest BCUT2D eigenvalue weighted by Crippen LogP contribution is -2.27. The molecule has 0 saturated heterocycles. The summed E-state index contributed by atoms with van der Waals surface area (Å²) < 4.78 is 48.8. The van der Waals surface area contributed by atoms with E-state index in [0.717, 1.165) is 0 Å². The van der Waals surface area contributed by atoms with E-state index in [-0.39, 0.29) is 22.5 Å². The molecule has 0 aliphatic rings. The Bertz CT molecular complexity index is 1300. The Balaban J connectivity index is 1.94. The minimum Gasteiger partial charge on any atom is -0.369 e. The highest BCUT2D eigenvalue weighted by Gasteiger charge is 2.26. The first-order valence-corrected chi connectivity index (χ1v) is 12.4. The summed E-state index contributed by atoms with van der Waals surface area (Å²) >= 11 is 0. The lowest BCUT2D eigenvalue weighted by atomic mass is 10.1. The highest BCUT2D eigenvalue weighted by molar-refractivity contribution is 7.33. The quantitative estimate of drug-likeness (QED) is 0.219. The van der Waals surface area contributed by atoms with E-state index >= 15 is 0 Å².